The minimum absolute atomic E-state index is 0.236. The highest BCUT2D eigenvalue weighted by Gasteiger charge is 2.31. The van der Waals surface area contributed by atoms with Gasteiger partial charge in [0.05, 0.1) is 6.61 Å². The Morgan fingerprint density at radius 1 is 1.26 bits per heavy atom. The topological polar surface area (TPSA) is 32.3 Å². The van der Waals surface area contributed by atoms with Crippen LogP contribution in [0.3, 0.4) is 0 Å². The highest BCUT2D eigenvalue weighted by molar-refractivity contribution is 6.30. The lowest BCUT2D eigenvalue weighted by molar-refractivity contribution is 0.181. The molecule has 0 spiro atoms. The Morgan fingerprint density at radius 3 is 2.42 bits per heavy atom. The van der Waals surface area contributed by atoms with Gasteiger partial charge in [0, 0.05) is 17.1 Å². The molecular formula is C16H24ClNO. The van der Waals surface area contributed by atoms with Crippen molar-refractivity contribution >= 4 is 11.6 Å². The summed E-state index contributed by atoms with van der Waals surface area (Å²) in [5.74, 6) is 1.27. The van der Waals surface area contributed by atoms with Crippen LogP contribution in [0.2, 0.25) is 5.02 Å². The number of rotatable bonds is 6. The maximum atomic E-state index is 9.38. The van der Waals surface area contributed by atoms with Gasteiger partial charge in [-0.05, 0) is 48.8 Å². The molecular weight excluding hydrogens is 258 g/mol. The molecule has 1 aromatic carbocycles. The maximum Gasteiger partial charge on any atom is 0.0584 e. The molecule has 0 amide bonds. The Hall–Kier alpha value is -0.570. The minimum atomic E-state index is 0.236. The molecule has 0 aromatic heterocycles. The summed E-state index contributed by atoms with van der Waals surface area (Å²) in [5.41, 5.74) is 1.38. The first kappa shape index (κ1) is 14.8. The zero-order valence-electron chi connectivity index (χ0n) is 11.8. The molecule has 3 heteroatoms. The summed E-state index contributed by atoms with van der Waals surface area (Å²) in [6.45, 7) is 4.63. The zero-order chi connectivity index (χ0) is 13.8. The summed E-state index contributed by atoms with van der Waals surface area (Å²) >= 11 is 5.90. The number of hydrogen-bond donors (Lipinski definition) is 2. The van der Waals surface area contributed by atoms with Crippen LogP contribution < -0.4 is 5.32 Å². The fourth-order valence-electron chi connectivity index (χ4n) is 2.86. The highest BCUT2D eigenvalue weighted by atomic mass is 35.5. The van der Waals surface area contributed by atoms with Crippen LogP contribution in [0, 0.1) is 5.92 Å². The molecule has 0 saturated heterocycles. The van der Waals surface area contributed by atoms with Crippen molar-refractivity contribution in [3.8, 4) is 0 Å². The van der Waals surface area contributed by atoms with Crippen LogP contribution in [0.5, 0.6) is 0 Å². The van der Waals surface area contributed by atoms with E-state index >= 15 is 0 Å². The monoisotopic (exact) mass is 281 g/mol. The largest absolute Gasteiger partial charge is 0.395 e. The van der Waals surface area contributed by atoms with E-state index in [-0.39, 0.29) is 12.6 Å². The normalized spacial score (nSPS) is 24.3. The standard InChI is InChI=1S/C16H24ClNO/c1-11(2)7-16(10-19)18-15-8-13(9-15)12-3-5-14(17)6-4-12/h3-6,11,13,15-16,18-19H,7-10H2,1-2H3. The third-order valence-electron chi connectivity index (χ3n) is 3.93. The molecule has 2 N–H and O–H groups in total. The number of nitrogens with one attached hydrogen (secondary N) is 1. The van der Waals surface area contributed by atoms with Gasteiger partial charge in [-0.3, -0.25) is 0 Å². The van der Waals surface area contributed by atoms with Gasteiger partial charge in [-0.1, -0.05) is 37.6 Å². The molecule has 19 heavy (non-hydrogen) atoms. The van der Waals surface area contributed by atoms with Crippen molar-refractivity contribution in [1.29, 1.82) is 0 Å². The number of halogens is 1. The Morgan fingerprint density at radius 2 is 1.89 bits per heavy atom. The van der Waals surface area contributed by atoms with E-state index in [4.69, 9.17) is 11.6 Å². The van der Waals surface area contributed by atoms with Crippen LogP contribution in [0.25, 0.3) is 0 Å². The predicted molar refractivity (Wildman–Crippen MR) is 80.7 cm³/mol. The lowest BCUT2D eigenvalue weighted by Crippen LogP contribution is -2.47. The summed E-state index contributed by atoms with van der Waals surface area (Å²) in [7, 11) is 0. The van der Waals surface area contributed by atoms with E-state index in [0.717, 1.165) is 24.3 Å². The molecule has 0 bridgehead atoms. The van der Waals surface area contributed by atoms with Gasteiger partial charge in [-0.2, -0.15) is 0 Å². The van der Waals surface area contributed by atoms with Gasteiger partial charge in [0.25, 0.3) is 0 Å². The number of benzene rings is 1. The van der Waals surface area contributed by atoms with Gasteiger partial charge in [-0.25, -0.2) is 0 Å². The van der Waals surface area contributed by atoms with Crippen LogP contribution >= 0.6 is 11.6 Å². The van der Waals surface area contributed by atoms with E-state index in [1.54, 1.807) is 0 Å². The van der Waals surface area contributed by atoms with Crippen LogP contribution in [0.1, 0.15) is 44.6 Å². The lowest BCUT2D eigenvalue weighted by Gasteiger charge is -2.39. The van der Waals surface area contributed by atoms with Crippen molar-refractivity contribution in [2.45, 2.75) is 51.1 Å². The van der Waals surface area contributed by atoms with Crippen molar-refractivity contribution in [2.24, 2.45) is 5.92 Å². The molecule has 1 fully saturated rings. The first-order valence-electron chi connectivity index (χ1n) is 7.21. The molecule has 0 heterocycles. The summed E-state index contributed by atoms with van der Waals surface area (Å²) in [4.78, 5) is 0. The van der Waals surface area contributed by atoms with E-state index < -0.39 is 0 Å². The maximum absolute atomic E-state index is 9.38. The van der Waals surface area contributed by atoms with Crippen molar-refractivity contribution in [1.82, 2.24) is 5.32 Å². The third-order valence-corrected chi connectivity index (χ3v) is 4.18. The molecule has 1 unspecified atom stereocenters. The molecule has 2 nitrogen and oxygen atoms in total. The van der Waals surface area contributed by atoms with Gasteiger partial charge < -0.3 is 10.4 Å². The number of hydrogen-bond acceptors (Lipinski definition) is 2. The molecule has 1 saturated carbocycles. The molecule has 1 aliphatic carbocycles. The minimum Gasteiger partial charge on any atom is -0.395 e. The Kier molecular flexibility index (Phi) is 5.26. The Balaban J connectivity index is 1.78. The average molecular weight is 282 g/mol. The smallest absolute Gasteiger partial charge is 0.0584 e. The van der Waals surface area contributed by atoms with E-state index in [9.17, 15) is 5.11 Å². The molecule has 0 aliphatic heterocycles. The average Bonchev–Trinajstić information content (AvgIpc) is 2.32. The second-order valence-corrected chi connectivity index (χ2v) is 6.53. The number of aliphatic hydroxyl groups is 1. The Labute approximate surface area is 121 Å². The molecule has 0 radical (unpaired) electrons. The highest BCUT2D eigenvalue weighted by Crippen LogP contribution is 2.37. The van der Waals surface area contributed by atoms with E-state index in [2.05, 4.69) is 31.3 Å². The Bertz CT molecular complexity index is 384. The second kappa shape index (κ2) is 6.74. The zero-order valence-corrected chi connectivity index (χ0v) is 12.5. The fourth-order valence-corrected chi connectivity index (χ4v) is 2.98. The summed E-state index contributed by atoms with van der Waals surface area (Å²) < 4.78 is 0. The van der Waals surface area contributed by atoms with Gasteiger partial charge in [0.1, 0.15) is 0 Å². The second-order valence-electron chi connectivity index (χ2n) is 6.09. The van der Waals surface area contributed by atoms with Crippen molar-refractivity contribution < 1.29 is 5.11 Å². The van der Waals surface area contributed by atoms with Gasteiger partial charge in [0.2, 0.25) is 0 Å². The summed E-state index contributed by atoms with van der Waals surface area (Å²) in [5, 5.41) is 13.8. The quantitative estimate of drug-likeness (QED) is 0.835. The molecule has 2 rings (SSSR count). The summed E-state index contributed by atoms with van der Waals surface area (Å²) in [6, 6.07) is 8.98. The van der Waals surface area contributed by atoms with Gasteiger partial charge in [0.15, 0.2) is 0 Å². The molecule has 1 aliphatic rings. The third kappa shape index (κ3) is 4.20. The van der Waals surface area contributed by atoms with Crippen molar-refractivity contribution in [3.63, 3.8) is 0 Å². The van der Waals surface area contributed by atoms with Crippen LogP contribution in [0.15, 0.2) is 24.3 Å². The summed E-state index contributed by atoms with van der Waals surface area (Å²) in [6.07, 6.45) is 3.37. The fraction of sp³-hybridized carbons (Fsp3) is 0.625. The van der Waals surface area contributed by atoms with E-state index in [1.807, 2.05) is 12.1 Å². The van der Waals surface area contributed by atoms with Crippen molar-refractivity contribution in [2.75, 3.05) is 6.61 Å². The first-order chi connectivity index (χ1) is 9.08. The van der Waals surface area contributed by atoms with Crippen molar-refractivity contribution in [3.05, 3.63) is 34.9 Å². The SMILES string of the molecule is CC(C)CC(CO)NC1CC(c2ccc(Cl)cc2)C1. The van der Waals surface area contributed by atoms with E-state index in [0.29, 0.717) is 17.9 Å². The number of aliphatic hydroxyl groups excluding tert-OH is 1. The van der Waals surface area contributed by atoms with Crippen LogP contribution in [0.4, 0.5) is 0 Å². The lowest BCUT2D eigenvalue weighted by atomic mass is 9.75. The molecule has 106 valence electrons. The van der Waals surface area contributed by atoms with Gasteiger partial charge >= 0.3 is 0 Å². The van der Waals surface area contributed by atoms with Crippen LogP contribution in [-0.2, 0) is 0 Å². The molecule has 1 aromatic rings. The predicted octanol–water partition coefficient (Wildman–Crippen LogP) is 3.58. The van der Waals surface area contributed by atoms with Gasteiger partial charge in [-0.15, -0.1) is 0 Å². The van der Waals surface area contributed by atoms with Crippen LogP contribution in [-0.4, -0.2) is 23.8 Å². The van der Waals surface area contributed by atoms with E-state index in [1.165, 1.54) is 5.56 Å². The first-order valence-corrected chi connectivity index (χ1v) is 7.58. The molecule has 1 atom stereocenters.